The van der Waals surface area contributed by atoms with Crippen molar-refractivity contribution >= 4 is 27.3 Å². The van der Waals surface area contributed by atoms with Crippen LogP contribution in [0.4, 0.5) is 0 Å². The third-order valence-corrected chi connectivity index (χ3v) is 10.6. The van der Waals surface area contributed by atoms with Gasteiger partial charge < -0.3 is 5.11 Å². The summed E-state index contributed by atoms with van der Waals surface area (Å²) in [5, 5.41) is 15.1. The molecule has 4 nitrogen and oxygen atoms in total. The van der Waals surface area contributed by atoms with E-state index in [4.69, 9.17) is 9.97 Å². The Bertz CT molecular complexity index is 2040. The molecule has 0 saturated heterocycles. The third kappa shape index (κ3) is 7.91. The molecule has 1 aromatic heterocycles. The summed E-state index contributed by atoms with van der Waals surface area (Å²) in [7, 11) is 0. The zero-order valence-corrected chi connectivity index (χ0v) is 34.6. The number of allylic oxidation sites excluding steroid dienone is 2. The first-order chi connectivity index (χ1) is 23.8. The molecular formula is C46H55IrN2O2-. The molecule has 1 aliphatic rings. The van der Waals surface area contributed by atoms with Crippen LogP contribution < -0.4 is 0 Å². The molecule has 0 fully saturated rings. The van der Waals surface area contributed by atoms with Crippen LogP contribution in [0.1, 0.15) is 112 Å². The van der Waals surface area contributed by atoms with Gasteiger partial charge in [-0.3, -0.25) is 9.78 Å². The summed E-state index contributed by atoms with van der Waals surface area (Å²) in [6.07, 6.45) is 6.23. The van der Waals surface area contributed by atoms with Crippen molar-refractivity contribution in [2.45, 2.75) is 107 Å². The molecular weight excluding hydrogens is 805 g/mol. The standard InChI is InChI=1S/C32H29N2.C14H26O2.Ir/c1-31(2,3)18-21-11-8-14-24-22(21)13-9-15-25(24)29-27-26-17-16-20-10-6-7-12-23(20)28(26)32(4,5)30(27)34-19-33-29;1-6-11(7-2)13(15)10(5)14(16)12(8-3)9-4;/h6-14,16-17,19H,18H2,1-5H3;11-12,15H,6-9H2,1-5H3;/q-1;;/b;13-10-;. The minimum atomic E-state index is -0.203. The fourth-order valence-electron chi connectivity index (χ4n) is 7.88. The Hall–Kier alpha value is -3.66. The van der Waals surface area contributed by atoms with Gasteiger partial charge >= 0.3 is 0 Å². The minimum absolute atomic E-state index is 0. The first kappa shape index (κ1) is 40.1. The van der Waals surface area contributed by atoms with Gasteiger partial charge in [0, 0.05) is 42.9 Å². The molecule has 4 aromatic carbocycles. The molecule has 0 amide bonds. The molecule has 0 atom stereocenters. The van der Waals surface area contributed by atoms with Crippen LogP contribution in [0.5, 0.6) is 0 Å². The van der Waals surface area contributed by atoms with Gasteiger partial charge in [-0.05, 0) is 77.6 Å². The summed E-state index contributed by atoms with van der Waals surface area (Å²) in [6, 6.07) is 27.6. The van der Waals surface area contributed by atoms with Crippen LogP contribution >= 0.6 is 0 Å². The zero-order chi connectivity index (χ0) is 36.4. The van der Waals surface area contributed by atoms with E-state index >= 15 is 0 Å². The Morgan fingerprint density at radius 2 is 1.47 bits per heavy atom. The number of rotatable bonds is 9. The molecule has 271 valence electrons. The van der Waals surface area contributed by atoms with Gasteiger partial charge in [-0.25, -0.2) is 4.98 Å². The number of hydrogen-bond donors (Lipinski definition) is 1. The number of benzene rings is 4. The van der Waals surface area contributed by atoms with Gasteiger partial charge in [-0.1, -0.05) is 133 Å². The Morgan fingerprint density at radius 1 is 0.824 bits per heavy atom. The SMILES string of the molecule is CC(C)(C)Cc1cccc2c(-c3ncnc4c3-c3ccc5ccccc5c3C4(C)C)[c-]ccc12.CCC(CC)C(=O)/C(C)=C(\O)C(CC)CC.[Ir]. The van der Waals surface area contributed by atoms with E-state index in [1.165, 1.54) is 38.2 Å². The van der Waals surface area contributed by atoms with Crippen LogP contribution in [0.2, 0.25) is 0 Å². The maximum absolute atomic E-state index is 12.1. The van der Waals surface area contributed by atoms with Gasteiger partial charge in [-0.2, -0.15) is 0 Å². The molecule has 1 heterocycles. The van der Waals surface area contributed by atoms with Crippen LogP contribution in [0.3, 0.4) is 0 Å². The fraction of sp³-hybridized carbons (Fsp3) is 0.413. The van der Waals surface area contributed by atoms with Crippen molar-refractivity contribution < 1.29 is 30.0 Å². The molecule has 51 heavy (non-hydrogen) atoms. The monoisotopic (exact) mass is 860 g/mol. The molecule has 0 aliphatic heterocycles. The Balaban J connectivity index is 0.000000294. The van der Waals surface area contributed by atoms with E-state index in [9.17, 15) is 9.90 Å². The molecule has 5 aromatic rings. The number of aromatic nitrogens is 2. The van der Waals surface area contributed by atoms with Gasteiger partial charge in [-0.15, -0.1) is 23.8 Å². The van der Waals surface area contributed by atoms with E-state index in [-0.39, 0.29) is 48.6 Å². The van der Waals surface area contributed by atoms with Crippen molar-refractivity contribution in [2.75, 3.05) is 0 Å². The first-order valence-electron chi connectivity index (χ1n) is 18.5. The first-order valence-corrected chi connectivity index (χ1v) is 18.5. The summed E-state index contributed by atoms with van der Waals surface area (Å²) in [5.41, 5.74) is 8.83. The summed E-state index contributed by atoms with van der Waals surface area (Å²) in [5.74, 6) is 0.631. The van der Waals surface area contributed by atoms with Gasteiger partial charge in [0.05, 0.1) is 5.69 Å². The minimum Gasteiger partial charge on any atom is -0.512 e. The molecule has 1 radical (unpaired) electrons. The number of carbonyl (C=O) groups excluding carboxylic acids is 1. The van der Waals surface area contributed by atoms with Gasteiger partial charge in [0.2, 0.25) is 0 Å². The van der Waals surface area contributed by atoms with Gasteiger partial charge in [0.1, 0.15) is 12.1 Å². The van der Waals surface area contributed by atoms with E-state index in [1.54, 1.807) is 13.3 Å². The van der Waals surface area contributed by atoms with E-state index in [0.717, 1.165) is 54.6 Å². The topological polar surface area (TPSA) is 63.1 Å². The third-order valence-electron chi connectivity index (χ3n) is 10.6. The predicted octanol–water partition coefficient (Wildman–Crippen LogP) is 12.4. The van der Waals surface area contributed by atoms with Crippen LogP contribution in [-0.2, 0) is 36.7 Å². The van der Waals surface area contributed by atoms with Crippen molar-refractivity contribution in [3.63, 3.8) is 0 Å². The summed E-state index contributed by atoms with van der Waals surface area (Å²) in [4.78, 5) is 21.8. The number of aliphatic hydroxyl groups excluding tert-OH is 1. The molecule has 0 spiro atoms. The summed E-state index contributed by atoms with van der Waals surface area (Å²) < 4.78 is 0. The number of hydrogen-bond acceptors (Lipinski definition) is 4. The quantitative estimate of drug-likeness (QED) is 0.0911. The van der Waals surface area contributed by atoms with Crippen molar-refractivity contribution in [1.29, 1.82) is 0 Å². The second-order valence-electron chi connectivity index (χ2n) is 15.6. The summed E-state index contributed by atoms with van der Waals surface area (Å²) >= 11 is 0. The Labute approximate surface area is 319 Å². The van der Waals surface area contributed by atoms with Crippen molar-refractivity contribution in [2.24, 2.45) is 17.3 Å². The molecule has 5 heteroatoms. The van der Waals surface area contributed by atoms with Gasteiger partial charge in [0.15, 0.2) is 5.78 Å². The Morgan fingerprint density at radius 3 is 2.12 bits per heavy atom. The second kappa shape index (κ2) is 16.3. The second-order valence-corrected chi connectivity index (χ2v) is 15.6. The number of Topliss-reactive ketones (excluding diaryl/α,β-unsaturated/α-hetero) is 1. The van der Waals surface area contributed by atoms with E-state index in [0.29, 0.717) is 11.3 Å². The molecule has 6 rings (SSSR count). The number of nitrogens with zero attached hydrogens (tertiary/aromatic N) is 2. The van der Waals surface area contributed by atoms with Crippen molar-refractivity contribution in [3.05, 3.63) is 107 Å². The van der Waals surface area contributed by atoms with E-state index < -0.39 is 0 Å². The average Bonchev–Trinajstić information content (AvgIpc) is 3.35. The zero-order valence-electron chi connectivity index (χ0n) is 32.2. The fourth-order valence-corrected chi connectivity index (χ4v) is 7.88. The molecule has 0 unspecified atom stereocenters. The largest absolute Gasteiger partial charge is 0.512 e. The maximum atomic E-state index is 12.1. The summed E-state index contributed by atoms with van der Waals surface area (Å²) in [6.45, 7) is 21.3. The Kier molecular flexibility index (Phi) is 12.9. The normalized spacial score (nSPS) is 13.7. The molecule has 0 bridgehead atoms. The van der Waals surface area contributed by atoms with Crippen LogP contribution in [0.15, 0.2) is 84.4 Å². The molecule has 0 saturated carbocycles. The number of carbonyl (C=O) groups is 1. The van der Waals surface area contributed by atoms with Crippen molar-refractivity contribution in [1.82, 2.24) is 9.97 Å². The van der Waals surface area contributed by atoms with Crippen LogP contribution in [0, 0.1) is 23.3 Å². The molecule has 1 N–H and O–H groups in total. The average molecular weight is 860 g/mol. The maximum Gasteiger partial charge on any atom is 0.164 e. The van der Waals surface area contributed by atoms with E-state index in [2.05, 4.69) is 107 Å². The predicted molar refractivity (Wildman–Crippen MR) is 211 cm³/mol. The van der Waals surface area contributed by atoms with Crippen LogP contribution in [-0.4, -0.2) is 20.9 Å². The van der Waals surface area contributed by atoms with Gasteiger partial charge in [0.25, 0.3) is 0 Å². The smallest absolute Gasteiger partial charge is 0.164 e. The number of ketones is 1. The molecule has 1 aliphatic carbocycles. The number of fused-ring (bicyclic) bond motifs is 6. The van der Waals surface area contributed by atoms with Crippen molar-refractivity contribution in [3.8, 4) is 22.4 Å². The number of aliphatic hydroxyl groups is 1. The van der Waals surface area contributed by atoms with Crippen LogP contribution in [0.25, 0.3) is 43.9 Å². The van der Waals surface area contributed by atoms with E-state index in [1.807, 2.05) is 27.7 Å².